The fourth-order valence-electron chi connectivity index (χ4n) is 2.54. The van der Waals surface area contributed by atoms with E-state index >= 15 is 0 Å². The van der Waals surface area contributed by atoms with Crippen LogP contribution in [0.2, 0.25) is 0 Å². The quantitative estimate of drug-likeness (QED) is 0.836. The van der Waals surface area contributed by atoms with Crippen LogP contribution in [0.5, 0.6) is 0 Å². The molecule has 1 aromatic carbocycles. The zero-order valence-electron chi connectivity index (χ0n) is 11.9. The van der Waals surface area contributed by atoms with Crippen molar-refractivity contribution >= 4 is 23.1 Å². The first-order chi connectivity index (χ1) is 9.97. The summed E-state index contributed by atoms with van der Waals surface area (Å²) in [5.74, 6) is -0.601. The van der Waals surface area contributed by atoms with Gasteiger partial charge in [-0.15, -0.1) is 0 Å². The Labute approximate surface area is 128 Å². The molecule has 1 atom stereocenters. The Balaban J connectivity index is 2.16. The number of carbonyl (C=O) groups excluding carboxylic acids is 1. The van der Waals surface area contributed by atoms with Gasteiger partial charge < -0.3 is 15.8 Å². The molecule has 0 aromatic heterocycles. The van der Waals surface area contributed by atoms with Crippen LogP contribution in [-0.4, -0.2) is 24.1 Å². The van der Waals surface area contributed by atoms with Gasteiger partial charge in [0.25, 0.3) is 0 Å². The van der Waals surface area contributed by atoms with Gasteiger partial charge in [0.15, 0.2) is 0 Å². The first kappa shape index (κ1) is 15.9. The van der Waals surface area contributed by atoms with Crippen molar-refractivity contribution in [1.82, 2.24) is 5.32 Å². The smallest absolute Gasteiger partial charge is 0.233 e. The molecule has 0 saturated carbocycles. The highest BCUT2D eigenvalue weighted by Crippen LogP contribution is 2.32. The number of ether oxygens (including phenoxy) is 1. The molecule has 4 nitrogen and oxygen atoms in total. The number of nitrogens with two attached hydrogens (primary N) is 1. The van der Waals surface area contributed by atoms with Crippen molar-refractivity contribution < 1.29 is 13.9 Å². The molecular weight excluding hydrogens is 291 g/mol. The molecular formula is C15H19FN2O2S. The van der Waals surface area contributed by atoms with Gasteiger partial charge in [0.05, 0.1) is 11.0 Å². The van der Waals surface area contributed by atoms with E-state index in [9.17, 15) is 9.18 Å². The summed E-state index contributed by atoms with van der Waals surface area (Å²) in [6.45, 7) is 2.63. The molecule has 114 valence electrons. The second-order valence-corrected chi connectivity index (χ2v) is 5.72. The van der Waals surface area contributed by atoms with Gasteiger partial charge in [-0.05, 0) is 25.8 Å². The van der Waals surface area contributed by atoms with Gasteiger partial charge in [0.2, 0.25) is 5.91 Å². The number of nitrogens with one attached hydrogen (secondary N) is 1. The maximum Gasteiger partial charge on any atom is 0.233 e. The van der Waals surface area contributed by atoms with Crippen LogP contribution in [0.1, 0.15) is 31.4 Å². The third-order valence-electron chi connectivity index (χ3n) is 3.97. The number of amides is 1. The normalized spacial score (nSPS) is 18.8. The molecule has 0 aliphatic carbocycles. The number of benzene rings is 1. The zero-order chi connectivity index (χ0) is 15.5. The second-order valence-electron chi connectivity index (χ2n) is 5.28. The SMILES string of the molecule is CC(NC(=O)C1(C(N)=S)CCOCC1)c1ccccc1F. The lowest BCUT2D eigenvalue weighted by Gasteiger charge is -2.35. The molecule has 1 aromatic rings. The first-order valence-electron chi connectivity index (χ1n) is 6.90. The molecule has 1 unspecified atom stereocenters. The van der Waals surface area contributed by atoms with Crippen LogP contribution in [-0.2, 0) is 9.53 Å². The maximum absolute atomic E-state index is 13.8. The zero-order valence-corrected chi connectivity index (χ0v) is 12.7. The summed E-state index contributed by atoms with van der Waals surface area (Å²) in [6, 6.07) is 5.92. The van der Waals surface area contributed by atoms with E-state index in [0.717, 1.165) is 0 Å². The number of carbonyl (C=O) groups is 1. The number of rotatable bonds is 4. The average molecular weight is 310 g/mol. The molecule has 1 aliphatic heterocycles. The third kappa shape index (κ3) is 3.22. The Morgan fingerprint density at radius 3 is 2.62 bits per heavy atom. The first-order valence-corrected chi connectivity index (χ1v) is 7.31. The van der Waals surface area contributed by atoms with Crippen molar-refractivity contribution in [3.05, 3.63) is 35.6 Å². The van der Waals surface area contributed by atoms with Crippen molar-refractivity contribution in [3.63, 3.8) is 0 Å². The summed E-state index contributed by atoms with van der Waals surface area (Å²) in [7, 11) is 0. The second kappa shape index (κ2) is 6.49. The minimum absolute atomic E-state index is 0.170. The van der Waals surface area contributed by atoms with Gasteiger partial charge in [-0.1, -0.05) is 30.4 Å². The fraction of sp³-hybridized carbons (Fsp3) is 0.467. The Kier molecular flexibility index (Phi) is 4.90. The minimum atomic E-state index is -0.896. The summed E-state index contributed by atoms with van der Waals surface area (Å²) >= 11 is 5.09. The molecule has 1 fully saturated rings. The Hall–Kier alpha value is -1.53. The predicted octanol–water partition coefficient (Wildman–Crippen LogP) is 2.09. The van der Waals surface area contributed by atoms with Crippen molar-refractivity contribution in [2.24, 2.45) is 11.1 Å². The van der Waals surface area contributed by atoms with E-state index in [1.165, 1.54) is 6.07 Å². The van der Waals surface area contributed by atoms with Crippen LogP contribution in [0.3, 0.4) is 0 Å². The van der Waals surface area contributed by atoms with E-state index in [1.807, 2.05) is 0 Å². The average Bonchev–Trinajstić information content (AvgIpc) is 2.48. The highest BCUT2D eigenvalue weighted by molar-refractivity contribution is 7.80. The number of hydrogen-bond donors (Lipinski definition) is 2. The lowest BCUT2D eigenvalue weighted by molar-refractivity contribution is -0.132. The summed E-state index contributed by atoms with van der Waals surface area (Å²) < 4.78 is 19.0. The number of thiocarbonyl (C=S) groups is 1. The molecule has 21 heavy (non-hydrogen) atoms. The van der Waals surface area contributed by atoms with Crippen LogP contribution >= 0.6 is 12.2 Å². The summed E-state index contributed by atoms with van der Waals surface area (Å²) in [5.41, 5.74) is 5.33. The minimum Gasteiger partial charge on any atom is -0.392 e. The lowest BCUT2D eigenvalue weighted by Crippen LogP contribution is -2.52. The summed E-state index contributed by atoms with van der Waals surface area (Å²) in [5, 5.41) is 2.83. The van der Waals surface area contributed by atoms with E-state index in [1.54, 1.807) is 25.1 Å². The van der Waals surface area contributed by atoms with Crippen molar-refractivity contribution in [3.8, 4) is 0 Å². The van der Waals surface area contributed by atoms with E-state index in [-0.39, 0.29) is 16.7 Å². The van der Waals surface area contributed by atoms with Crippen LogP contribution in [0.4, 0.5) is 4.39 Å². The molecule has 3 N–H and O–H groups in total. The van der Waals surface area contributed by atoms with Crippen molar-refractivity contribution in [2.45, 2.75) is 25.8 Å². The molecule has 0 spiro atoms. The van der Waals surface area contributed by atoms with Crippen LogP contribution in [0.25, 0.3) is 0 Å². The Morgan fingerprint density at radius 1 is 1.43 bits per heavy atom. The molecule has 6 heteroatoms. The number of hydrogen-bond acceptors (Lipinski definition) is 3. The van der Waals surface area contributed by atoms with E-state index in [0.29, 0.717) is 31.6 Å². The van der Waals surface area contributed by atoms with E-state index < -0.39 is 11.5 Å². The van der Waals surface area contributed by atoms with E-state index in [4.69, 9.17) is 22.7 Å². The van der Waals surface area contributed by atoms with Gasteiger partial charge >= 0.3 is 0 Å². The van der Waals surface area contributed by atoms with Gasteiger partial charge in [0.1, 0.15) is 11.2 Å². The summed E-state index contributed by atoms with van der Waals surface area (Å²) in [6.07, 6.45) is 0.913. The molecule has 2 rings (SSSR count). The highest BCUT2D eigenvalue weighted by Gasteiger charge is 2.43. The monoisotopic (exact) mass is 310 g/mol. The lowest BCUT2D eigenvalue weighted by atomic mass is 9.79. The molecule has 1 heterocycles. The molecule has 0 bridgehead atoms. The Bertz CT molecular complexity index is 544. The number of halogens is 1. The topological polar surface area (TPSA) is 64.4 Å². The van der Waals surface area contributed by atoms with E-state index in [2.05, 4.69) is 5.32 Å². The maximum atomic E-state index is 13.8. The molecule has 0 radical (unpaired) electrons. The largest absolute Gasteiger partial charge is 0.392 e. The van der Waals surface area contributed by atoms with Crippen molar-refractivity contribution in [2.75, 3.05) is 13.2 Å². The standard InChI is InChI=1S/C15H19FN2O2S/c1-10(11-4-2-3-5-12(11)16)18-14(19)15(13(17)21)6-8-20-9-7-15/h2-5,10H,6-9H2,1H3,(H2,17,21)(H,18,19). The van der Waals surface area contributed by atoms with Gasteiger partial charge in [0, 0.05) is 18.8 Å². The molecule has 1 aliphatic rings. The molecule has 1 amide bonds. The van der Waals surface area contributed by atoms with Crippen LogP contribution < -0.4 is 11.1 Å². The van der Waals surface area contributed by atoms with Gasteiger partial charge in [-0.2, -0.15) is 0 Å². The fourth-order valence-corrected chi connectivity index (χ4v) is 2.84. The Morgan fingerprint density at radius 2 is 2.05 bits per heavy atom. The van der Waals surface area contributed by atoms with Crippen LogP contribution in [0.15, 0.2) is 24.3 Å². The van der Waals surface area contributed by atoms with Gasteiger partial charge in [-0.25, -0.2) is 4.39 Å². The van der Waals surface area contributed by atoms with Crippen LogP contribution in [0, 0.1) is 11.2 Å². The summed E-state index contributed by atoms with van der Waals surface area (Å²) in [4.78, 5) is 12.8. The van der Waals surface area contributed by atoms with Crippen molar-refractivity contribution in [1.29, 1.82) is 0 Å². The van der Waals surface area contributed by atoms with Gasteiger partial charge in [-0.3, -0.25) is 4.79 Å². The predicted molar refractivity (Wildman–Crippen MR) is 82.2 cm³/mol. The third-order valence-corrected chi connectivity index (χ3v) is 4.36. The highest BCUT2D eigenvalue weighted by atomic mass is 32.1. The molecule has 1 saturated heterocycles.